The highest BCUT2D eigenvalue weighted by Crippen LogP contribution is 2.18. The molecule has 94 valence electrons. The van der Waals surface area contributed by atoms with Gasteiger partial charge in [-0.3, -0.25) is 9.00 Å². The van der Waals surface area contributed by atoms with Crippen LogP contribution in [0.2, 0.25) is 0 Å². The summed E-state index contributed by atoms with van der Waals surface area (Å²) in [5.74, 6) is 1.03. The van der Waals surface area contributed by atoms with Gasteiger partial charge in [0.2, 0.25) is 5.91 Å². The predicted octanol–water partition coefficient (Wildman–Crippen LogP) is -0.622. The molecule has 3 atom stereocenters. The fourth-order valence-electron chi connectivity index (χ4n) is 1.62. The number of rotatable bonds is 6. The third-order valence-corrected chi connectivity index (χ3v) is 3.92. The van der Waals surface area contributed by atoms with Gasteiger partial charge in [-0.2, -0.15) is 0 Å². The Morgan fingerprint density at radius 1 is 1.56 bits per heavy atom. The first-order valence-corrected chi connectivity index (χ1v) is 7.14. The van der Waals surface area contributed by atoms with Gasteiger partial charge in [0.1, 0.15) is 6.10 Å². The standard InChI is InChI=1S/C10H20N2O3S/c1-2-16(14)6-5-12-10(13)9-4-3-8(7-11)15-9/h8-9H,2-7,11H2,1H3,(H,12,13). The molecule has 5 nitrogen and oxygen atoms in total. The van der Waals surface area contributed by atoms with E-state index < -0.39 is 10.8 Å². The van der Waals surface area contributed by atoms with E-state index in [0.717, 1.165) is 12.8 Å². The van der Waals surface area contributed by atoms with Crippen LogP contribution in [-0.2, 0) is 20.3 Å². The van der Waals surface area contributed by atoms with Crippen molar-refractivity contribution < 1.29 is 13.7 Å². The molecule has 1 fully saturated rings. The van der Waals surface area contributed by atoms with E-state index in [9.17, 15) is 9.00 Å². The summed E-state index contributed by atoms with van der Waals surface area (Å²) in [5.41, 5.74) is 5.46. The molecule has 1 heterocycles. The maximum atomic E-state index is 11.6. The summed E-state index contributed by atoms with van der Waals surface area (Å²) < 4.78 is 16.6. The number of hydrogen-bond donors (Lipinski definition) is 2. The zero-order valence-corrected chi connectivity index (χ0v) is 10.4. The molecule has 1 saturated heterocycles. The topological polar surface area (TPSA) is 81.4 Å². The van der Waals surface area contributed by atoms with Crippen molar-refractivity contribution in [2.75, 3.05) is 24.6 Å². The largest absolute Gasteiger partial charge is 0.364 e. The van der Waals surface area contributed by atoms with Crippen LogP contribution in [0.4, 0.5) is 0 Å². The molecule has 3 unspecified atom stereocenters. The first kappa shape index (κ1) is 13.6. The first-order valence-electron chi connectivity index (χ1n) is 5.65. The molecule has 0 aromatic carbocycles. The second-order valence-corrected chi connectivity index (χ2v) is 5.65. The van der Waals surface area contributed by atoms with Crippen LogP contribution in [0.3, 0.4) is 0 Å². The maximum absolute atomic E-state index is 11.6. The van der Waals surface area contributed by atoms with E-state index in [1.54, 1.807) is 0 Å². The van der Waals surface area contributed by atoms with Crippen LogP contribution < -0.4 is 11.1 Å². The van der Waals surface area contributed by atoms with Crippen molar-refractivity contribution in [1.29, 1.82) is 0 Å². The van der Waals surface area contributed by atoms with Crippen LogP contribution >= 0.6 is 0 Å². The van der Waals surface area contributed by atoms with Gasteiger partial charge in [0, 0.05) is 35.4 Å². The van der Waals surface area contributed by atoms with E-state index in [1.165, 1.54) is 0 Å². The molecule has 0 spiro atoms. The monoisotopic (exact) mass is 248 g/mol. The van der Waals surface area contributed by atoms with Gasteiger partial charge in [-0.05, 0) is 12.8 Å². The average molecular weight is 248 g/mol. The highest BCUT2D eigenvalue weighted by Gasteiger charge is 2.29. The Morgan fingerprint density at radius 3 is 2.88 bits per heavy atom. The highest BCUT2D eigenvalue weighted by molar-refractivity contribution is 7.84. The lowest BCUT2D eigenvalue weighted by Crippen LogP contribution is -2.37. The lowest BCUT2D eigenvalue weighted by molar-refractivity contribution is -0.131. The number of nitrogens with two attached hydrogens (primary N) is 1. The van der Waals surface area contributed by atoms with Crippen molar-refractivity contribution in [1.82, 2.24) is 5.32 Å². The highest BCUT2D eigenvalue weighted by atomic mass is 32.2. The second kappa shape index (κ2) is 6.98. The minimum Gasteiger partial charge on any atom is -0.364 e. The summed E-state index contributed by atoms with van der Waals surface area (Å²) in [5, 5.41) is 2.74. The molecule has 3 N–H and O–H groups in total. The Hall–Kier alpha value is -0.460. The summed E-state index contributed by atoms with van der Waals surface area (Å²) in [6.45, 7) is 2.78. The lowest BCUT2D eigenvalue weighted by Gasteiger charge is -2.12. The number of amides is 1. The van der Waals surface area contributed by atoms with Gasteiger partial charge in [0.05, 0.1) is 6.10 Å². The van der Waals surface area contributed by atoms with E-state index in [1.807, 2.05) is 6.92 Å². The number of ether oxygens (including phenoxy) is 1. The van der Waals surface area contributed by atoms with Crippen molar-refractivity contribution in [3.8, 4) is 0 Å². The summed E-state index contributed by atoms with van der Waals surface area (Å²) in [6, 6.07) is 0. The predicted molar refractivity (Wildman–Crippen MR) is 63.5 cm³/mol. The quantitative estimate of drug-likeness (QED) is 0.656. The molecule has 0 bridgehead atoms. The molecule has 0 aromatic rings. The Bertz CT molecular complexity index is 260. The van der Waals surface area contributed by atoms with E-state index in [4.69, 9.17) is 10.5 Å². The third kappa shape index (κ3) is 4.19. The van der Waals surface area contributed by atoms with Gasteiger partial charge in [-0.15, -0.1) is 0 Å². The van der Waals surface area contributed by atoms with Gasteiger partial charge < -0.3 is 15.8 Å². The van der Waals surface area contributed by atoms with E-state index in [-0.39, 0.29) is 18.1 Å². The first-order chi connectivity index (χ1) is 7.67. The molecule has 6 heteroatoms. The zero-order valence-electron chi connectivity index (χ0n) is 9.61. The lowest BCUT2D eigenvalue weighted by atomic mass is 10.2. The van der Waals surface area contributed by atoms with Gasteiger partial charge in [-0.1, -0.05) is 6.92 Å². The summed E-state index contributed by atoms with van der Waals surface area (Å²) in [7, 11) is -0.829. The van der Waals surface area contributed by atoms with E-state index in [2.05, 4.69) is 5.32 Å². The fourth-order valence-corrected chi connectivity index (χ4v) is 2.24. The van der Waals surface area contributed by atoms with Gasteiger partial charge in [0.15, 0.2) is 0 Å². The average Bonchev–Trinajstić information content (AvgIpc) is 2.77. The number of hydrogen-bond acceptors (Lipinski definition) is 4. The molecular formula is C10H20N2O3S. The van der Waals surface area contributed by atoms with Crippen molar-refractivity contribution >= 4 is 16.7 Å². The second-order valence-electron chi connectivity index (χ2n) is 3.78. The van der Waals surface area contributed by atoms with Gasteiger partial charge in [-0.25, -0.2) is 0 Å². The summed E-state index contributed by atoms with van der Waals surface area (Å²) in [6.07, 6.45) is 1.21. The van der Waals surface area contributed by atoms with Crippen LogP contribution in [0.15, 0.2) is 0 Å². The molecule has 1 aliphatic rings. The molecule has 1 rings (SSSR count). The molecule has 1 aliphatic heterocycles. The Labute approximate surface area is 98.6 Å². The molecule has 16 heavy (non-hydrogen) atoms. The fraction of sp³-hybridized carbons (Fsp3) is 0.900. The zero-order chi connectivity index (χ0) is 12.0. The van der Waals surface area contributed by atoms with Crippen molar-refractivity contribution in [2.24, 2.45) is 5.73 Å². The van der Waals surface area contributed by atoms with Crippen LogP contribution in [0, 0.1) is 0 Å². The number of carbonyl (C=O) groups is 1. The van der Waals surface area contributed by atoms with Crippen LogP contribution in [0.5, 0.6) is 0 Å². The molecule has 0 aliphatic carbocycles. The number of carbonyl (C=O) groups excluding carboxylic acids is 1. The molecular weight excluding hydrogens is 228 g/mol. The van der Waals surface area contributed by atoms with Crippen molar-refractivity contribution in [3.63, 3.8) is 0 Å². The number of nitrogens with one attached hydrogen (secondary N) is 1. The normalized spacial score (nSPS) is 26.6. The third-order valence-electron chi connectivity index (χ3n) is 2.61. The van der Waals surface area contributed by atoms with Crippen molar-refractivity contribution in [2.45, 2.75) is 32.0 Å². The minimum atomic E-state index is -0.829. The summed E-state index contributed by atoms with van der Waals surface area (Å²) >= 11 is 0. The smallest absolute Gasteiger partial charge is 0.249 e. The minimum absolute atomic E-state index is 0.0144. The molecule has 0 radical (unpaired) electrons. The summed E-state index contributed by atoms with van der Waals surface area (Å²) in [4.78, 5) is 11.6. The van der Waals surface area contributed by atoms with Crippen molar-refractivity contribution in [3.05, 3.63) is 0 Å². The van der Waals surface area contributed by atoms with E-state index in [0.29, 0.717) is 24.6 Å². The van der Waals surface area contributed by atoms with E-state index >= 15 is 0 Å². The van der Waals surface area contributed by atoms with Gasteiger partial charge in [0.25, 0.3) is 0 Å². The Balaban J connectivity index is 2.18. The van der Waals surface area contributed by atoms with Gasteiger partial charge >= 0.3 is 0 Å². The Kier molecular flexibility index (Phi) is 5.94. The van der Waals surface area contributed by atoms with Crippen LogP contribution in [0.25, 0.3) is 0 Å². The SMILES string of the molecule is CCS(=O)CCNC(=O)C1CCC(CN)O1. The molecule has 0 aromatic heterocycles. The van der Waals surface area contributed by atoms with Crippen LogP contribution in [0.1, 0.15) is 19.8 Å². The molecule has 0 saturated carbocycles. The maximum Gasteiger partial charge on any atom is 0.249 e. The Morgan fingerprint density at radius 2 is 2.31 bits per heavy atom. The van der Waals surface area contributed by atoms with Crippen LogP contribution in [-0.4, -0.2) is 46.9 Å². The molecule has 1 amide bonds.